The van der Waals surface area contributed by atoms with E-state index in [1.807, 2.05) is 24.3 Å². The molecule has 1 saturated carbocycles. The van der Waals surface area contributed by atoms with Gasteiger partial charge in [0.25, 0.3) is 15.9 Å². The minimum absolute atomic E-state index is 0.0403. The number of benzene rings is 2. The lowest BCUT2D eigenvalue weighted by Crippen LogP contribution is -2.50. The zero-order valence-corrected chi connectivity index (χ0v) is 27.8. The second-order valence-electron chi connectivity index (χ2n) is 12.5. The average Bonchev–Trinajstić information content (AvgIpc) is 3.02. The smallest absolute Gasteiger partial charge is 0.409 e. The van der Waals surface area contributed by atoms with Crippen LogP contribution in [-0.2, 0) is 37.3 Å². The van der Waals surface area contributed by atoms with E-state index in [0.29, 0.717) is 36.2 Å². The summed E-state index contributed by atoms with van der Waals surface area (Å²) in [5.41, 5.74) is 1.36. The maximum absolute atomic E-state index is 13.5. The molecular weight excluding hydrogens is 618 g/mol. The van der Waals surface area contributed by atoms with Crippen molar-refractivity contribution in [2.45, 2.75) is 69.1 Å². The lowest BCUT2D eigenvalue weighted by Gasteiger charge is -2.46. The molecule has 244 valence electrons. The Bertz CT molecular complexity index is 1560. The van der Waals surface area contributed by atoms with Gasteiger partial charge in [-0.2, -0.15) is 0 Å². The molecule has 1 aliphatic carbocycles. The van der Waals surface area contributed by atoms with Gasteiger partial charge in [-0.15, -0.1) is 0 Å². The molecule has 5 rings (SSSR count). The maximum Gasteiger partial charge on any atom is 0.409 e. The number of rotatable bonds is 1. The number of sulfonamides is 1. The summed E-state index contributed by atoms with van der Waals surface area (Å²) in [7, 11) is -1.13. The van der Waals surface area contributed by atoms with Crippen molar-refractivity contribution in [2.24, 2.45) is 11.8 Å². The summed E-state index contributed by atoms with van der Waals surface area (Å²) in [4.78, 5) is 29.6. The fourth-order valence-electron chi connectivity index (χ4n) is 6.29. The van der Waals surface area contributed by atoms with Gasteiger partial charge in [0, 0.05) is 25.2 Å². The van der Waals surface area contributed by atoms with E-state index in [9.17, 15) is 18.0 Å². The highest BCUT2D eigenvalue weighted by Crippen LogP contribution is 2.42. The van der Waals surface area contributed by atoms with Gasteiger partial charge < -0.3 is 24.0 Å². The minimum atomic E-state index is -4.22. The summed E-state index contributed by atoms with van der Waals surface area (Å²) in [6, 6.07) is 10.3. The lowest BCUT2D eigenvalue weighted by molar-refractivity contribution is -0.139. The number of anilines is 1. The Morgan fingerprint density at radius 1 is 1.13 bits per heavy atom. The zero-order valence-electron chi connectivity index (χ0n) is 26.3. The van der Waals surface area contributed by atoms with Gasteiger partial charge in [0.05, 0.1) is 30.3 Å². The Kier molecular flexibility index (Phi) is 10.0. The van der Waals surface area contributed by atoms with Crippen LogP contribution in [0.2, 0.25) is 5.02 Å². The Morgan fingerprint density at radius 2 is 1.93 bits per heavy atom. The molecule has 2 heterocycles. The Hall–Kier alpha value is -3.28. The number of carbonyl (C=O) groups excluding carboxylic acids is 2. The van der Waals surface area contributed by atoms with Crippen molar-refractivity contribution in [2.75, 3.05) is 38.8 Å². The van der Waals surface area contributed by atoms with Crippen LogP contribution in [0.4, 0.5) is 10.5 Å². The molecule has 1 N–H and O–H groups in total. The molecule has 3 atom stereocenters. The van der Waals surface area contributed by atoms with Crippen molar-refractivity contribution in [1.82, 2.24) is 9.62 Å². The predicted octanol–water partition coefficient (Wildman–Crippen LogP) is 5.32. The first-order chi connectivity index (χ1) is 21.4. The van der Waals surface area contributed by atoms with E-state index in [-0.39, 0.29) is 29.4 Å². The molecular formula is C33H42ClN3O7S. The van der Waals surface area contributed by atoms with Crippen LogP contribution in [0.5, 0.6) is 5.75 Å². The van der Waals surface area contributed by atoms with Gasteiger partial charge >= 0.3 is 6.09 Å². The van der Waals surface area contributed by atoms with E-state index >= 15 is 0 Å². The number of methoxy groups -OCH3 is 1. The van der Waals surface area contributed by atoms with Crippen LogP contribution < -0.4 is 14.4 Å². The maximum atomic E-state index is 13.5. The number of nitrogens with one attached hydrogen (secondary N) is 1. The molecule has 45 heavy (non-hydrogen) atoms. The molecule has 2 aromatic rings. The molecule has 10 nitrogen and oxygen atoms in total. The van der Waals surface area contributed by atoms with Gasteiger partial charge in [-0.25, -0.2) is 17.9 Å². The number of carbonyl (C=O) groups is 2. The summed E-state index contributed by atoms with van der Waals surface area (Å²) in [6.07, 6.45) is 7.75. The van der Waals surface area contributed by atoms with Crippen LogP contribution in [0.15, 0.2) is 53.4 Å². The van der Waals surface area contributed by atoms with Crippen LogP contribution in [-0.4, -0.2) is 70.8 Å². The highest BCUT2D eigenvalue weighted by Gasteiger charge is 2.41. The van der Waals surface area contributed by atoms with Crippen LogP contribution >= 0.6 is 11.6 Å². The van der Waals surface area contributed by atoms with Crippen molar-refractivity contribution in [1.29, 1.82) is 0 Å². The SMILES string of the molecule is COC(=O)N(C)[C@H]1/C=C/COC(C)(C)C(=O)NS(=O)(=O)c2ccc3c(c2)N(CCCCc2cc(Cl)ccc2CO3)C[C@@H]2CC[C@H]21. The first-order valence-electron chi connectivity index (χ1n) is 15.4. The van der Waals surface area contributed by atoms with Gasteiger partial charge in [-0.05, 0) is 99.2 Å². The monoisotopic (exact) mass is 659 g/mol. The number of aryl methyl sites for hydroxylation is 1. The van der Waals surface area contributed by atoms with Crippen molar-refractivity contribution in [3.05, 3.63) is 64.7 Å². The molecule has 0 spiro atoms. The van der Waals surface area contributed by atoms with E-state index in [0.717, 1.165) is 43.2 Å². The van der Waals surface area contributed by atoms with Crippen LogP contribution in [0, 0.1) is 11.8 Å². The third kappa shape index (κ3) is 7.42. The molecule has 3 aliphatic rings. The minimum Gasteiger partial charge on any atom is -0.487 e. The quantitative estimate of drug-likeness (QED) is 0.409. The van der Waals surface area contributed by atoms with E-state index in [2.05, 4.69) is 9.62 Å². The van der Waals surface area contributed by atoms with E-state index in [1.54, 1.807) is 30.2 Å². The lowest BCUT2D eigenvalue weighted by atomic mass is 9.68. The van der Waals surface area contributed by atoms with Crippen molar-refractivity contribution in [3.8, 4) is 5.75 Å². The topological polar surface area (TPSA) is 114 Å². The number of amides is 2. The fourth-order valence-corrected chi connectivity index (χ4v) is 7.60. The second kappa shape index (κ2) is 13.6. The normalized spacial score (nSPS) is 25.5. The van der Waals surface area contributed by atoms with Gasteiger partial charge in [0.15, 0.2) is 0 Å². The first-order valence-corrected chi connectivity index (χ1v) is 17.2. The summed E-state index contributed by atoms with van der Waals surface area (Å²) >= 11 is 6.32. The predicted molar refractivity (Wildman–Crippen MR) is 172 cm³/mol. The number of halogens is 1. The third-order valence-corrected chi connectivity index (χ3v) is 10.7. The molecule has 0 radical (unpaired) electrons. The molecule has 12 heteroatoms. The number of fused-ring (bicyclic) bond motifs is 3. The number of nitrogens with zero attached hydrogens (tertiary/aromatic N) is 2. The van der Waals surface area contributed by atoms with Crippen LogP contribution in [0.25, 0.3) is 0 Å². The Morgan fingerprint density at radius 3 is 2.67 bits per heavy atom. The van der Waals surface area contributed by atoms with Gasteiger partial charge in [0.1, 0.15) is 18.0 Å². The standard InChI is InChI=1S/C33H42ClN3O7S/c1-33(2)31(38)35-45(40,41)26-13-15-30-29(19-26)37(16-6-5-8-22-18-25(34)12-10-24(22)21-43-30)20-23-11-14-27(23)28(9-7-17-44-33)36(3)32(39)42-4/h7,9-10,12-13,15,18-19,23,27-28H,5-6,8,11,14,16-17,20-21H2,1-4H3,(H,35,38)/b9-7+/t23-,27+,28-/m0/s1. The molecule has 1 fully saturated rings. The van der Waals surface area contributed by atoms with Gasteiger partial charge in [-0.1, -0.05) is 29.8 Å². The average molecular weight is 660 g/mol. The van der Waals surface area contributed by atoms with Crippen molar-refractivity contribution < 1.29 is 32.2 Å². The highest BCUT2D eigenvalue weighted by molar-refractivity contribution is 7.90. The molecule has 0 aromatic heterocycles. The summed E-state index contributed by atoms with van der Waals surface area (Å²) in [5.74, 6) is 0.110. The number of likely N-dealkylation sites (N-methyl/N-ethyl adjacent to an activating group) is 1. The van der Waals surface area contributed by atoms with Gasteiger partial charge in [-0.3, -0.25) is 4.79 Å². The molecule has 0 saturated heterocycles. The van der Waals surface area contributed by atoms with Crippen LogP contribution in [0.1, 0.15) is 50.7 Å². The molecule has 2 aromatic carbocycles. The first kappa shape index (κ1) is 33.1. The highest BCUT2D eigenvalue weighted by atomic mass is 35.5. The molecule has 0 unspecified atom stereocenters. The van der Waals surface area contributed by atoms with Crippen LogP contribution in [0.3, 0.4) is 0 Å². The molecule has 2 aliphatic heterocycles. The van der Waals surface area contributed by atoms with E-state index < -0.39 is 27.6 Å². The Balaban J connectivity index is 1.58. The van der Waals surface area contributed by atoms with E-state index in [4.69, 9.17) is 25.8 Å². The Labute approximate surface area is 270 Å². The molecule has 2 bridgehead atoms. The van der Waals surface area contributed by atoms with Gasteiger partial charge in [0.2, 0.25) is 0 Å². The summed E-state index contributed by atoms with van der Waals surface area (Å²) in [5, 5.41) is 0.677. The number of hydrogen-bond acceptors (Lipinski definition) is 8. The van der Waals surface area contributed by atoms with E-state index in [1.165, 1.54) is 27.0 Å². The summed E-state index contributed by atoms with van der Waals surface area (Å²) < 4.78 is 46.5. The number of ether oxygens (including phenoxy) is 3. The number of hydrogen-bond donors (Lipinski definition) is 1. The largest absolute Gasteiger partial charge is 0.487 e. The van der Waals surface area contributed by atoms with Crippen molar-refractivity contribution >= 4 is 39.3 Å². The third-order valence-electron chi connectivity index (χ3n) is 9.18. The summed E-state index contributed by atoms with van der Waals surface area (Å²) in [6.45, 7) is 4.69. The fraction of sp³-hybridized carbons (Fsp3) is 0.515. The van der Waals surface area contributed by atoms with Crippen molar-refractivity contribution in [3.63, 3.8) is 0 Å². The molecule has 2 amide bonds. The zero-order chi connectivity index (χ0) is 32.4. The second-order valence-corrected chi connectivity index (χ2v) is 14.6.